The van der Waals surface area contributed by atoms with Gasteiger partial charge in [0.15, 0.2) is 0 Å². The van der Waals surface area contributed by atoms with Gasteiger partial charge in [-0.25, -0.2) is 9.78 Å². The average Bonchev–Trinajstić information content (AvgIpc) is 3.48. The van der Waals surface area contributed by atoms with E-state index in [1.807, 2.05) is 19.1 Å². The summed E-state index contributed by atoms with van der Waals surface area (Å²) < 4.78 is 2.41. The van der Waals surface area contributed by atoms with Gasteiger partial charge in [-0.1, -0.05) is 30.3 Å². The molecule has 1 unspecified atom stereocenters. The van der Waals surface area contributed by atoms with Crippen LogP contribution in [0.15, 0.2) is 42.5 Å². The number of carboxylic acid groups (broad SMARTS) is 1. The number of carbonyl (C=O) groups is 1. The third-order valence-electron chi connectivity index (χ3n) is 8.08. The van der Waals surface area contributed by atoms with Crippen molar-refractivity contribution in [3.63, 3.8) is 0 Å². The fourth-order valence-corrected chi connectivity index (χ4v) is 6.50. The number of hydrogen-bond donors (Lipinski definition) is 3. The van der Waals surface area contributed by atoms with Gasteiger partial charge in [-0.3, -0.25) is 10.2 Å². The zero-order valence-electron chi connectivity index (χ0n) is 18.8. The normalized spacial score (nSPS) is 28.8. The quantitative estimate of drug-likeness (QED) is 0.567. The maximum Gasteiger partial charge on any atom is 0.412 e. The summed E-state index contributed by atoms with van der Waals surface area (Å²) in [5, 5.41) is 23.5. The number of rotatable bonds is 3. The highest BCUT2D eigenvalue weighted by molar-refractivity contribution is 5.94. The summed E-state index contributed by atoms with van der Waals surface area (Å²) in [7, 11) is 0. The monoisotopic (exact) mass is 446 g/mol. The predicted molar refractivity (Wildman–Crippen MR) is 127 cm³/mol. The summed E-state index contributed by atoms with van der Waals surface area (Å²) >= 11 is 0. The van der Waals surface area contributed by atoms with Crippen LogP contribution >= 0.6 is 0 Å². The number of aromatic nitrogens is 2. The summed E-state index contributed by atoms with van der Waals surface area (Å²) in [6.07, 6.45) is 3.05. The zero-order chi connectivity index (χ0) is 22.7. The minimum Gasteiger partial charge on any atom is -0.465 e. The summed E-state index contributed by atoms with van der Waals surface area (Å²) in [6, 6.07) is 14.7. The molecule has 3 heterocycles. The van der Waals surface area contributed by atoms with E-state index in [0.717, 1.165) is 66.8 Å². The lowest BCUT2D eigenvalue weighted by Crippen LogP contribution is -2.41. The van der Waals surface area contributed by atoms with Gasteiger partial charge in [0.05, 0.1) is 16.7 Å². The van der Waals surface area contributed by atoms with E-state index in [1.165, 1.54) is 10.5 Å². The number of imidazole rings is 1. The van der Waals surface area contributed by atoms with E-state index in [1.54, 1.807) is 0 Å². The van der Waals surface area contributed by atoms with Gasteiger partial charge in [0.1, 0.15) is 12.1 Å². The first-order valence-corrected chi connectivity index (χ1v) is 12.0. The molecule has 2 aromatic carbocycles. The van der Waals surface area contributed by atoms with Crippen molar-refractivity contribution in [1.82, 2.24) is 14.9 Å². The maximum absolute atomic E-state index is 12.0. The number of nitrogens with one attached hydrogen (secondary N) is 1. The Morgan fingerprint density at radius 3 is 2.73 bits per heavy atom. The molecular formula is C26H30N4O3. The minimum atomic E-state index is -0.906. The second kappa shape index (κ2) is 7.85. The predicted octanol–water partition coefficient (Wildman–Crippen LogP) is 3.94. The molecule has 0 spiro atoms. The number of nitrogens with zero attached hydrogens (tertiary/aromatic N) is 3. The number of amides is 1. The topological polar surface area (TPSA) is 90.6 Å². The third-order valence-corrected chi connectivity index (χ3v) is 8.08. The Balaban J connectivity index is 1.52. The molecule has 1 saturated carbocycles. The first-order chi connectivity index (χ1) is 16.0. The summed E-state index contributed by atoms with van der Waals surface area (Å²) in [6.45, 7) is 2.79. The van der Waals surface area contributed by atoms with Crippen LogP contribution in [-0.4, -0.2) is 44.7 Å². The first-order valence-electron chi connectivity index (χ1n) is 12.0. The van der Waals surface area contributed by atoms with Crippen molar-refractivity contribution in [3.8, 4) is 0 Å². The van der Waals surface area contributed by atoms with E-state index in [4.69, 9.17) is 4.98 Å². The average molecular weight is 447 g/mol. The number of fused-ring (bicyclic) bond motifs is 4. The Hall–Kier alpha value is -2.90. The van der Waals surface area contributed by atoms with Crippen LogP contribution in [0.2, 0.25) is 0 Å². The molecule has 1 amide bonds. The van der Waals surface area contributed by atoms with Gasteiger partial charge >= 0.3 is 6.09 Å². The van der Waals surface area contributed by atoms with Gasteiger partial charge in [0.2, 0.25) is 0 Å². The van der Waals surface area contributed by atoms with E-state index in [-0.39, 0.29) is 18.0 Å². The highest BCUT2D eigenvalue weighted by Crippen LogP contribution is 2.47. The second-order valence-corrected chi connectivity index (χ2v) is 9.86. The van der Waals surface area contributed by atoms with Crippen molar-refractivity contribution < 1.29 is 15.0 Å². The van der Waals surface area contributed by atoms with Crippen LogP contribution in [0.4, 0.5) is 10.5 Å². The molecule has 33 heavy (non-hydrogen) atoms. The molecule has 6 rings (SSSR count). The molecule has 7 heteroatoms. The minimum absolute atomic E-state index is 0.0417. The molecule has 0 radical (unpaired) electrons. The van der Waals surface area contributed by atoms with Gasteiger partial charge < -0.3 is 14.8 Å². The molecule has 3 N–H and O–H groups in total. The molecule has 5 atom stereocenters. The fraction of sp³-hybridized carbons (Fsp3) is 0.462. The van der Waals surface area contributed by atoms with Gasteiger partial charge in [0, 0.05) is 36.5 Å². The number of aliphatic hydroxyl groups is 1. The molecule has 1 aromatic heterocycles. The smallest absolute Gasteiger partial charge is 0.412 e. The van der Waals surface area contributed by atoms with E-state index >= 15 is 0 Å². The van der Waals surface area contributed by atoms with E-state index in [2.05, 4.69) is 40.2 Å². The molecular weight excluding hydrogens is 416 g/mol. The first kappa shape index (κ1) is 20.7. The SMILES string of the molecule is C[C@H]1CCc2c(ccc3c2nc(Cc2ccccc2)n3[C@@H]2CC[C@H]3C(O)NC[C@@H]23)N1C(=O)O. The zero-order valence-corrected chi connectivity index (χ0v) is 18.8. The van der Waals surface area contributed by atoms with Crippen molar-refractivity contribution in [1.29, 1.82) is 0 Å². The lowest BCUT2D eigenvalue weighted by Gasteiger charge is -2.33. The lowest BCUT2D eigenvalue weighted by atomic mass is 9.94. The Morgan fingerprint density at radius 1 is 1.12 bits per heavy atom. The number of benzene rings is 2. The molecule has 2 aliphatic heterocycles. The molecule has 3 aliphatic rings. The number of anilines is 1. The van der Waals surface area contributed by atoms with Crippen molar-refractivity contribution in [2.24, 2.45) is 11.8 Å². The van der Waals surface area contributed by atoms with Gasteiger partial charge in [-0.15, -0.1) is 0 Å². The number of aryl methyl sites for hydroxylation is 1. The van der Waals surface area contributed by atoms with Crippen molar-refractivity contribution in [2.45, 2.75) is 57.3 Å². The molecule has 1 aliphatic carbocycles. The van der Waals surface area contributed by atoms with Crippen LogP contribution in [0.25, 0.3) is 11.0 Å². The van der Waals surface area contributed by atoms with Crippen LogP contribution < -0.4 is 10.2 Å². The van der Waals surface area contributed by atoms with Crippen molar-refractivity contribution >= 4 is 22.8 Å². The van der Waals surface area contributed by atoms with Gasteiger partial charge in [-0.2, -0.15) is 0 Å². The van der Waals surface area contributed by atoms with Crippen molar-refractivity contribution in [3.05, 3.63) is 59.4 Å². The van der Waals surface area contributed by atoms with Crippen LogP contribution in [0.1, 0.15) is 49.2 Å². The lowest BCUT2D eigenvalue weighted by molar-refractivity contribution is 0.106. The Bertz CT molecular complexity index is 1210. The van der Waals surface area contributed by atoms with E-state index in [0.29, 0.717) is 5.92 Å². The molecule has 172 valence electrons. The van der Waals surface area contributed by atoms with Crippen molar-refractivity contribution in [2.75, 3.05) is 11.4 Å². The molecule has 0 bridgehead atoms. The highest BCUT2D eigenvalue weighted by atomic mass is 16.4. The molecule has 7 nitrogen and oxygen atoms in total. The van der Waals surface area contributed by atoms with E-state index < -0.39 is 12.3 Å². The fourth-order valence-electron chi connectivity index (χ4n) is 6.50. The standard InChI is InChI=1S/C26H30N4O3/c1-15-7-8-18-20(29(15)26(32)33)11-12-22-24(18)28-23(13-16-5-3-2-4-6-16)30(22)21-10-9-17-19(21)14-27-25(17)31/h2-6,11-12,15,17,19,21,25,27,31H,7-10,13-14H2,1H3,(H,32,33)/t15-,17+,19+,21+,25?/m0/s1. The molecule has 1 saturated heterocycles. The number of hydrogen-bond acceptors (Lipinski definition) is 4. The van der Waals surface area contributed by atoms with Gasteiger partial charge in [0.25, 0.3) is 0 Å². The Labute approximate surface area is 193 Å². The molecule has 2 fully saturated rings. The maximum atomic E-state index is 12.0. The Kier molecular flexibility index (Phi) is 4.92. The highest BCUT2D eigenvalue weighted by Gasteiger charge is 2.46. The summed E-state index contributed by atoms with van der Waals surface area (Å²) in [5.74, 6) is 1.67. The summed E-state index contributed by atoms with van der Waals surface area (Å²) in [4.78, 5) is 18.7. The van der Waals surface area contributed by atoms with E-state index in [9.17, 15) is 15.0 Å². The third kappa shape index (κ3) is 3.25. The van der Waals surface area contributed by atoms with Crippen LogP contribution in [0, 0.1) is 11.8 Å². The molecule has 3 aromatic rings. The van der Waals surface area contributed by atoms with Gasteiger partial charge in [-0.05, 0) is 56.2 Å². The second-order valence-electron chi connectivity index (χ2n) is 9.86. The van der Waals surface area contributed by atoms with Crippen LogP contribution in [0.5, 0.6) is 0 Å². The van der Waals surface area contributed by atoms with Crippen LogP contribution in [0.3, 0.4) is 0 Å². The Morgan fingerprint density at radius 2 is 1.94 bits per heavy atom. The summed E-state index contributed by atoms with van der Waals surface area (Å²) in [5.41, 5.74) is 5.05. The van der Waals surface area contributed by atoms with Crippen LogP contribution in [-0.2, 0) is 12.8 Å². The number of aliphatic hydroxyl groups excluding tert-OH is 1. The largest absolute Gasteiger partial charge is 0.465 e.